The molecule has 0 fully saturated rings. The zero-order valence-electron chi connectivity index (χ0n) is 20.5. The number of sulfone groups is 1. The van der Waals surface area contributed by atoms with Crippen molar-refractivity contribution in [2.45, 2.75) is 51.1 Å². The predicted octanol–water partition coefficient (Wildman–Crippen LogP) is 4.70. The van der Waals surface area contributed by atoms with Crippen molar-refractivity contribution in [2.75, 3.05) is 12.4 Å². The number of hydrogen-bond acceptors (Lipinski definition) is 7. The van der Waals surface area contributed by atoms with Crippen molar-refractivity contribution in [2.24, 2.45) is 0 Å². The van der Waals surface area contributed by atoms with Gasteiger partial charge in [-0.15, -0.1) is 0 Å². The summed E-state index contributed by atoms with van der Waals surface area (Å²) in [5, 5.41) is 17.7. The SMILES string of the molecule is CCS(=O)(=O)c1ccc(C(CO)NC(=O)c2nn(C(C)(C)C)c(Oc3ncc(Cl)cc3Cl)c2C)cc1. The van der Waals surface area contributed by atoms with E-state index >= 15 is 0 Å². The highest BCUT2D eigenvalue weighted by Gasteiger charge is 2.29. The topological polar surface area (TPSA) is 123 Å². The fourth-order valence-electron chi connectivity index (χ4n) is 3.37. The number of rotatable bonds is 8. The second-order valence-electron chi connectivity index (χ2n) is 9.09. The third-order valence-corrected chi connectivity index (χ3v) is 7.62. The van der Waals surface area contributed by atoms with Gasteiger partial charge in [0.05, 0.1) is 33.9 Å². The van der Waals surface area contributed by atoms with Crippen LogP contribution in [0.3, 0.4) is 0 Å². The maximum atomic E-state index is 13.2. The summed E-state index contributed by atoms with van der Waals surface area (Å²) in [4.78, 5) is 17.5. The summed E-state index contributed by atoms with van der Waals surface area (Å²) in [6.07, 6.45) is 1.40. The van der Waals surface area contributed by atoms with Crippen molar-refractivity contribution < 1.29 is 23.1 Å². The minimum absolute atomic E-state index is 0.0244. The van der Waals surface area contributed by atoms with Crippen LogP contribution in [0.2, 0.25) is 10.0 Å². The lowest BCUT2D eigenvalue weighted by Gasteiger charge is -2.22. The molecule has 0 aliphatic heterocycles. The third kappa shape index (κ3) is 6.00. The van der Waals surface area contributed by atoms with Gasteiger partial charge in [-0.2, -0.15) is 5.10 Å². The van der Waals surface area contributed by atoms with E-state index in [0.717, 1.165) is 0 Å². The number of amides is 1. The maximum Gasteiger partial charge on any atom is 0.272 e. The molecule has 1 amide bonds. The zero-order chi connectivity index (χ0) is 26.8. The molecule has 2 aromatic heterocycles. The first-order valence-corrected chi connectivity index (χ1v) is 13.5. The van der Waals surface area contributed by atoms with Crippen molar-refractivity contribution >= 4 is 38.9 Å². The summed E-state index contributed by atoms with van der Waals surface area (Å²) in [5.74, 6) is -0.181. The highest BCUT2D eigenvalue weighted by atomic mass is 35.5. The molecule has 0 spiro atoms. The third-order valence-electron chi connectivity index (χ3n) is 5.40. The molecule has 1 aromatic carbocycles. The van der Waals surface area contributed by atoms with Crippen LogP contribution in [-0.2, 0) is 15.4 Å². The van der Waals surface area contributed by atoms with Crippen molar-refractivity contribution in [3.63, 3.8) is 0 Å². The van der Waals surface area contributed by atoms with Gasteiger partial charge in [-0.05, 0) is 51.5 Å². The molecule has 36 heavy (non-hydrogen) atoms. The lowest BCUT2D eigenvalue weighted by Crippen LogP contribution is -2.32. The Kier molecular flexibility index (Phi) is 8.34. The molecule has 194 valence electrons. The Morgan fingerprint density at radius 2 is 1.86 bits per heavy atom. The average molecular weight is 555 g/mol. The first-order chi connectivity index (χ1) is 16.8. The molecule has 9 nitrogen and oxygen atoms in total. The zero-order valence-corrected chi connectivity index (χ0v) is 22.9. The number of pyridine rings is 1. The Bertz CT molecular complexity index is 1370. The van der Waals surface area contributed by atoms with Gasteiger partial charge < -0.3 is 15.2 Å². The largest absolute Gasteiger partial charge is 0.419 e. The van der Waals surface area contributed by atoms with Crippen LogP contribution in [0.4, 0.5) is 0 Å². The molecule has 1 unspecified atom stereocenters. The Morgan fingerprint density at radius 1 is 1.22 bits per heavy atom. The van der Waals surface area contributed by atoms with Crippen LogP contribution >= 0.6 is 23.2 Å². The number of aliphatic hydroxyl groups excluding tert-OH is 1. The number of carbonyl (C=O) groups excluding carboxylic acids is 1. The van der Waals surface area contributed by atoms with Crippen molar-refractivity contribution in [3.05, 3.63) is 63.4 Å². The molecule has 3 rings (SSSR count). The van der Waals surface area contributed by atoms with E-state index in [2.05, 4.69) is 15.4 Å². The van der Waals surface area contributed by atoms with E-state index in [9.17, 15) is 18.3 Å². The summed E-state index contributed by atoms with van der Waals surface area (Å²) in [6.45, 7) is 8.53. The summed E-state index contributed by atoms with van der Waals surface area (Å²) >= 11 is 12.2. The van der Waals surface area contributed by atoms with E-state index in [4.69, 9.17) is 27.9 Å². The fraction of sp³-hybridized carbons (Fsp3) is 0.375. The molecule has 2 N–H and O–H groups in total. The van der Waals surface area contributed by atoms with Gasteiger partial charge in [0.25, 0.3) is 5.91 Å². The fourth-order valence-corrected chi connectivity index (χ4v) is 4.68. The van der Waals surface area contributed by atoms with Gasteiger partial charge in [0.15, 0.2) is 15.5 Å². The van der Waals surface area contributed by atoms with E-state index in [1.165, 1.54) is 24.4 Å². The number of halogens is 2. The highest BCUT2D eigenvalue weighted by molar-refractivity contribution is 7.91. The molecular formula is C24H28Cl2N4O5S. The quantitative estimate of drug-likeness (QED) is 0.413. The minimum atomic E-state index is -3.36. The molecule has 12 heteroatoms. The van der Waals surface area contributed by atoms with E-state index in [1.807, 2.05) is 20.8 Å². The first-order valence-electron chi connectivity index (χ1n) is 11.1. The molecule has 0 radical (unpaired) electrons. The van der Waals surface area contributed by atoms with E-state index in [0.29, 0.717) is 16.1 Å². The Morgan fingerprint density at radius 3 is 2.39 bits per heavy atom. The molecule has 1 atom stereocenters. The van der Waals surface area contributed by atoms with Crippen molar-refractivity contribution in [1.29, 1.82) is 0 Å². The van der Waals surface area contributed by atoms with Crippen LogP contribution in [0.25, 0.3) is 0 Å². The molecule has 2 heterocycles. The number of aromatic nitrogens is 3. The van der Waals surface area contributed by atoms with Gasteiger partial charge in [0, 0.05) is 11.8 Å². The van der Waals surface area contributed by atoms with Crippen LogP contribution in [0, 0.1) is 6.92 Å². The number of carbonyl (C=O) groups is 1. The summed E-state index contributed by atoms with van der Waals surface area (Å²) < 4.78 is 31.7. The lowest BCUT2D eigenvalue weighted by atomic mass is 10.1. The second-order valence-corrected chi connectivity index (χ2v) is 12.2. The van der Waals surface area contributed by atoms with Gasteiger partial charge in [0.1, 0.15) is 5.02 Å². The summed E-state index contributed by atoms with van der Waals surface area (Å²) in [7, 11) is -3.36. The number of nitrogens with one attached hydrogen (secondary N) is 1. The van der Waals surface area contributed by atoms with E-state index < -0.39 is 33.9 Å². The van der Waals surface area contributed by atoms with Crippen LogP contribution in [0.15, 0.2) is 41.4 Å². The Labute approximate surface area is 220 Å². The maximum absolute atomic E-state index is 13.2. The molecule has 0 aliphatic rings. The lowest BCUT2D eigenvalue weighted by molar-refractivity contribution is 0.0909. The van der Waals surface area contributed by atoms with Gasteiger partial charge in [-0.3, -0.25) is 4.79 Å². The highest BCUT2D eigenvalue weighted by Crippen LogP contribution is 2.35. The van der Waals surface area contributed by atoms with Crippen molar-refractivity contribution in [3.8, 4) is 11.8 Å². The van der Waals surface area contributed by atoms with Gasteiger partial charge in [-0.25, -0.2) is 18.1 Å². The molecule has 0 saturated carbocycles. The number of hydrogen-bond donors (Lipinski definition) is 2. The van der Waals surface area contributed by atoms with Crippen LogP contribution in [-0.4, -0.2) is 46.6 Å². The molecular weight excluding hydrogens is 527 g/mol. The number of nitrogens with zero attached hydrogens (tertiary/aromatic N) is 3. The standard InChI is InChI=1S/C24H28Cl2N4O5S/c1-6-36(33,34)17-9-7-15(8-10-17)19(13-31)28-21(32)20-14(2)23(30(29-20)24(3,4)5)35-22-18(26)11-16(25)12-27-22/h7-12,19,31H,6,13H2,1-5H3,(H,28,32). The molecule has 3 aromatic rings. The van der Waals surface area contributed by atoms with E-state index in [-0.39, 0.29) is 33.1 Å². The summed E-state index contributed by atoms with van der Waals surface area (Å²) in [5.41, 5.74) is 0.515. The monoisotopic (exact) mass is 554 g/mol. The van der Waals surface area contributed by atoms with Crippen LogP contribution in [0.5, 0.6) is 11.8 Å². The Balaban J connectivity index is 1.93. The van der Waals surface area contributed by atoms with Gasteiger partial charge in [0.2, 0.25) is 11.8 Å². The van der Waals surface area contributed by atoms with Crippen LogP contribution < -0.4 is 10.1 Å². The number of benzene rings is 1. The molecule has 0 aliphatic carbocycles. The minimum Gasteiger partial charge on any atom is -0.419 e. The number of aliphatic hydroxyl groups is 1. The number of ether oxygens (including phenoxy) is 1. The normalized spacial score (nSPS) is 12.9. The smallest absolute Gasteiger partial charge is 0.272 e. The Hall–Kier alpha value is -2.66. The second kappa shape index (κ2) is 10.8. The van der Waals surface area contributed by atoms with E-state index in [1.54, 1.807) is 30.7 Å². The predicted molar refractivity (Wildman–Crippen MR) is 138 cm³/mol. The average Bonchev–Trinajstić information content (AvgIpc) is 3.15. The van der Waals surface area contributed by atoms with Crippen molar-refractivity contribution in [1.82, 2.24) is 20.1 Å². The van der Waals surface area contributed by atoms with Gasteiger partial charge >= 0.3 is 0 Å². The first kappa shape index (κ1) is 27.9. The van der Waals surface area contributed by atoms with Crippen LogP contribution in [0.1, 0.15) is 55.4 Å². The molecule has 0 saturated heterocycles. The molecule has 0 bridgehead atoms. The summed E-state index contributed by atoms with van der Waals surface area (Å²) in [6, 6.07) is 6.75. The van der Waals surface area contributed by atoms with Gasteiger partial charge in [-0.1, -0.05) is 42.3 Å².